The highest BCUT2D eigenvalue weighted by molar-refractivity contribution is 5.71. The second-order valence-corrected chi connectivity index (χ2v) is 20.9. The summed E-state index contributed by atoms with van der Waals surface area (Å²) in [5.74, 6) is -0.921. The molecule has 0 unspecified atom stereocenters. The van der Waals surface area contributed by atoms with E-state index in [0.29, 0.717) is 19.3 Å². The first-order valence-corrected chi connectivity index (χ1v) is 31.4. The molecule has 422 valence electrons. The lowest BCUT2D eigenvalue weighted by Gasteiger charge is -2.18. The van der Waals surface area contributed by atoms with Crippen molar-refractivity contribution in [1.29, 1.82) is 0 Å². The fourth-order valence-corrected chi connectivity index (χ4v) is 8.95. The van der Waals surface area contributed by atoms with Crippen molar-refractivity contribution in [3.8, 4) is 0 Å². The van der Waals surface area contributed by atoms with Gasteiger partial charge >= 0.3 is 17.9 Å². The van der Waals surface area contributed by atoms with Gasteiger partial charge in [-0.3, -0.25) is 14.4 Å². The summed E-state index contributed by atoms with van der Waals surface area (Å²) in [6.45, 7) is 6.52. The lowest BCUT2D eigenvalue weighted by Crippen LogP contribution is -2.30. The highest BCUT2D eigenvalue weighted by Crippen LogP contribution is 2.16. The Hall–Kier alpha value is -3.15. The van der Waals surface area contributed by atoms with Crippen molar-refractivity contribution in [2.75, 3.05) is 13.2 Å². The molecular weight excluding hydrogens is 901 g/mol. The predicted octanol–water partition coefficient (Wildman–Crippen LogP) is 21.3. The maximum atomic E-state index is 12.9. The number of rotatable bonds is 57. The quantitative estimate of drug-likeness (QED) is 0.0261. The van der Waals surface area contributed by atoms with Gasteiger partial charge in [-0.2, -0.15) is 0 Å². The molecule has 73 heavy (non-hydrogen) atoms. The standard InChI is InChI=1S/C67H118O6/c1-4-7-10-13-16-19-22-25-28-30-32-33-35-36-39-42-45-48-51-54-57-60-66(69)72-63-64(62-71-65(68)59-56-53-50-47-44-41-38-27-24-21-18-15-12-9-6-3)73-67(70)61-58-55-52-49-46-43-40-37-34-31-29-26-23-20-17-14-11-8-5-2/h9,12,18,21,25-29,38,44,47,64H,4-8,10-11,13-17,19-20,22-24,30-37,39-43,45-46,48-63H2,1-3H3/b12-9-,21-18-,28-25-,29-26-,38-27-,47-44-/t64-/m1/s1. The summed E-state index contributed by atoms with van der Waals surface area (Å²) in [6, 6.07) is 0. The largest absolute Gasteiger partial charge is 0.462 e. The molecule has 0 aromatic heterocycles. The van der Waals surface area contributed by atoms with Crippen LogP contribution in [0.1, 0.15) is 316 Å². The van der Waals surface area contributed by atoms with E-state index in [1.807, 2.05) is 0 Å². The Bertz CT molecular complexity index is 1360. The smallest absolute Gasteiger partial charge is 0.306 e. The fourth-order valence-electron chi connectivity index (χ4n) is 8.95. The zero-order chi connectivity index (χ0) is 52.9. The van der Waals surface area contributed by atoms with Gasteiger partial charge in [-0.25, -0.2) is 0 Å². The van der Waals surface area contributed by atoms with Crippen LogP contribution in [0.25, 0.3) is 0 Å². The van der Waals surface area contributed by atoms with Crippen molar-refractivity contribution < 1.29 is 28.6 Å². The van der Waals surface area contributed by atoms with Crippen LogP contribution >= 0.6 is 0 Å². The first-order valence-electron chi connectivity index (χ1n) is 31.4. The maximum Gasteiger partial charge on any atom is 0.306 e. The van der Waals surface area contributed by atoms with Crippen LogP contribution in [0.4, 0.5) is 0 Å². The first-order chi connectivity index (χ1) is 36.0. The van der Waals surface area contributed by atoms with Crippen molar-refractivity contribution in [2.24, 2.45) is 0 Å². The molecule has 0 aromatic rings. The maximum absolute atomic E-state index is 12.9. The van der Waals surface area contributed by atoms with E-state index in [4.69, 9.17) is 14.2 Å². The minimum absolute atomic E-state index is 0.0882. The second-order valence-electron chi connectivity index (χ2n) is 20.9. The predicted molar refractivity (Wildman–Crippen MR) is 316 cm³/mol. The average molecular weight is 1020 g/mol. The van der Waals surface area contributed by atoms with Gasteiger partial charge in [0.2, 0.25) is 0 Å². The Balaban J connectivity index is 4.38. The molecule has 0 spiro atoms. The van der Waals surface area contributed by atoms with E-state index in [2.05, 4.69) is 93.7 Å². The number of hydrogen-bond donors (Lipinski definition) is 0. The normalized spacial score (nSPS) is 12.5. The molecule has 0 aliphatic rings. The van der Waals surface area contributed by atoms with Gasteiger partial charge in [0.05, 0.1) is 0 Å². The number of esters is 3. The molecule has 0 rings (SSSR count). The molecule has 0 fully saturated rings. The number of allylic oxidation sites excluding steroid dienone is 12. The van der Waals surface area contributed by atoms with E-state index < -0.39 is 6.10 Å². The Morgan fingerprint density at radius 1 is 0.288 bits per heavy atom. The second kappa shape index (κ2) is 61.4. The monoisotopic (exact) mass is 1020 g/mol. The summed E-state index contributed by atoms with van der Waals surface area (Å²) in [4.78, 5) is 38.3. The van der Waals surface area contributed by atoms with E-state index in [1.54, 1.807) is 0 Å². The minimum atomic E-state index is -0.794. The van der Waals surface area contributed by atoms with Crippen molar-refractivity contribution in [3.05, 3.63) is 72.9 Å². The summed E-state index contributed by atoms with van der Waals surface area (Å²) in [5.41, 5.74) is 0. The van der Waals surface area contributed by atoms with Crippen LogP contribution in [0.2, 0.25) is 0 Å². The Morgan fingerprint density at radius 3 is 0.877 bits per heavy atom. The van der Waals surface area contributed by atoms with Gasteiger partial charge < -0.3 is 14.2 Å². The van der Waals surface area contributed by atoms with Crippen LogP contribution < -0.4 is 0 Å². The van der Waals surface area contributed by atoms with E-state index in [1.165, 1.54) is 193 Å². The van der Waals surface area contributed by atoms with Crippen LogP contribution in [0.5, 0.6) is 0 Å². The van der Waals surface area contributed by atoms with Gasteiger partial charge in [-0.15, -0.1) is 0 Å². The van der Waals surface area contributed by atoms with Gasteiger partial charge in [-0.05, 0) is 109 Å². The fraction of sp³-hybridized carbons (Fsp3) is 0.776. The zero-order valence-corrected chi connectivity index (χ0v) is 48.4. The number of carbonyl (C=O) groups excluding carboxylic acids is 3. The van der Waals surface area contributed by atoms with Gasteiger partial charge in [0.25, 0.3) is 0 Å². The molecule has 6 nitrogen and oxygen atoms in total. The minimum Gasteiger partial charge on any atom is -0.462 e. The zero-order valence-electron chi connectivity index (χ0n) is 48.4. The molecule has 1 atom stereocenters. The summed E-state index contributed by atoms with van der Waals surface area (Å²) in [5, 5.41) is 0. The Morgan fingerprint density at radius 2 is 0.534 bits per heavy atom. The number of unbranched alkanes of at least 4 members (excludes halogenated alkanes) is 34. The van der Waals surface area contributed by atoms with Crippen LogP contribution in [0, 0.1) is 0 Å². The third kappa shape index (κ3) is 59.6. The highest BCUT2D eigenvalue weighted by Gasteiger charge is 2.19. The van der Waals surface area contributed by atoms with E-state index in [-0.39, 0.29) is 31.1 Å². The van der Waals surface area contributed by atoms with Crippen molar-refractivity contribution in [2.45, 2.75) is 322 Å². The molecule has 0 radical (unpaired) electrons. The third-order valence-corrected chi connectivity index (χ3v) is 13.7. The number of ether oxygens (including phenoxy) is 3. The molecule has 0 heterocycles. The lowest BCUT2D eigenvalue weighted by molar-refractivity contribution is -0.167. The molecule has 0 saturated carbocycles. The molecule has 0 amide bonds. The molecule has 0 aliphatic carbocycles. The van der Waals surface area contributed by atoms with Crippen LogP contribution in [-0.2, 0) is 28.6 Å². The topological polar surface area (TPSA) is 78.9 Å². The van der Waals surface area contributed by atoms with E-state index >= 15 is 0 Å². The summed E-state index contributed by atoms with van der Waals surface area (Å²) in [7, 11) is 0. The molecule has 0 aromatic carbocycles. The summed E-state index contributed by atoms with van der Waals surface area (Å²) >= 11 is 0. The molecule has 0 saturated heterocycles. The summed E-state index contributed by atoms with van der Waals surface area (Å²) in [6.07, 6.45) is 79.1. The van der Waals surface area contributed by atoms with Gasteiger partial charge in [0.1, 0.15) is 13.2 Å². The lowest BCUT2D eigenvalue weighted by atomic mass is 10.0. The van der Waals surface area contributed by atoms with Crippen molar-refractivity contribution in [3.63, 3.8) is 0 Å². The first kappa shape index (κ1) is 69.8. The van der Waals surface area contributed by atoms with Crippen LogP contribution in [0.3, 0.4) is 0 Å². The van der Waals surface area contributed by atoms with Gasteiger partial charge in [0.15, 0.2) is 6.10 Å². The Kier molecular flexibility index (Phi) is 58.7. The summed E-state index contributed by atoms with van der Waals surface area (Å²) < 4.78 is 16.9. The molecular formula is C67H118O6. The molecule has 0 bridgehead atoms. The molecule has 0 aliphatic heterocycles. The van der Waals surface area contributed by atoms with Crippen molar-refractivity contribution in [1.82, 2.24) is 0 Å². The average Bonchev–Trinajstić information content (AvgIpc) is 3.39. The highest BCUT2D eigenvalue weighted by atomic mass is 16.6. The van der Waals surface area contributed by atoms with Gasteiger partial charge in [0, 0.05) is 19.3 Å². The third-order valence-electron chi connectivity index (χ3n) is 13.7. The molecule has 6 heteroatoms. The Labute approximate surface area is 453 Å². The SMILES string of the molecule is CC/C=C\C/C=C\C/C=C\C/C=C\CCCCC(=O)OC[C@H](COC(=O)CCCCCCCCCCCCC/C=C\CCCCCCCC)OC(=O)CCCCCCCCCCC/C=C\CCCCCCCC. The number of carbonyl (C=O) groups is 3. The molecule has 0 N–H and O–H groups in total. The van der Waals surface area contributed by atoms with E-state index in [0.717, 1.165) is 83.5 Å². The van der Waals surface area contributed by atoms with Crippen molar-refractivity contribution >= 4 is 17.9 Å². The van der Waals surface area contributed by atoms with Crippen LogP contribution in [0.15, 0.2) is 72.9 Å². The van der Waals surface area contributed by atoms with E-state index in [9.17, 15) is 14.4 Å². The number of hydrogen-bond acceptors (Lipinski definition) is 6. The van der Waals surface area contributed by atoms with Gasteiger partial charge in [-0.1, -0.05) is 261 Å². The van der Waals surface area contributed by atoms with Crippen LogP contribution in [-0.4, -0.2) is 37.2 Å².